The van der Waals surface area contributed by atoms with Gasteiger partial charge in [0.25, 0.3) is 10.0 Å². The monoisotopic (exact) mass is 565 g/mol. The van der Waals surface area contributed by atoms with Gasteiger partial charge in [0.15, 0.2) is 0 Å². The molecule has 0 saturated carbocycles. The van der Waals surface area contributed by atoms with Gasteiger partial charge in [-0.1, -0.05) is 56.3 Å². The van der Waals surface area contributed by atoms with Crippen LogP contribution in [-0.4, -0.2) is 51.4 Å². The Kier molecular flexibility index (Phi) is 10.7. The first kappa shape index (κ1) is 30.7. The van der Waals surface area contributed by atoms with Gasteiger partial charge in [0.05, 0.1) is 17.7 Å². The maximum atomic E-state index is 14.1. The second-order valence-electron chi connectivity index (χ2n) is 9.70. The van der Waals surface area contributed by atoms with E-state index in [4.69, 9.17) is 4.74 Å². The van der Waals surface area contributed by atoms with Gasteiger partial charge in [-0.15, -0.1) is 0 Å². The number of hydrogen-bond donors (Lipinski definition) is 1. The molecule has 3 aromatic carbocycles. The average Bonchev–Trinajstić information content (AvgIpc) is 2.96. The van der Waals surface area contributed by atoms with Crippen molar-refractivity contribution in [2.75, 3.05) is 24.5 Å². The van der Waals surface area contributed by atoms with Gasteiger partial charge in [0.2, 0.25) is 11.8 Å². The summed E-state index contributed by atoms with van der Waals surface area (Å²) in [4.78, 5) is 28.9. The van der Waals surface area contributed by atoms with Crippen molar-refractivity contribution in [3.63, 3.8) is 0 Å². The standard InChI is InChI=1S/C31H39N3O5S/c1-6-19-32-31(36)28(7-2)33(21-25-15-17-26(39-5)18-16-25)30(35)22-34(29-20-23(3)13-14-24(29)4)40(37,38)27-11-9-8-10-12-27/h8-18,20,28H,6-7,19,21-22H2,1-5H3,(H,32,36)/t28-/m1/s1. The Morgan fingerprint density at radius 3 is 2.23 bits per heavy atom. The summed E-state index contributed by atoms with van der Waals surface area (Å²) in [6.07, 6.45) is 1.12. The number of carbonyl (C=O) groups is 2. The number of ether oxygens (including phenoxy) is 1. The summed E-state index contributed by atoms with van der Waals surface area (Å²) < 4.78 is 34.3. The fraction of sp³-hybridized carbons (Fsp3) is 0.355. The minimum Gasteiger partial charge on any atom is -0.497 e. The highest BCUT2D eigenvalue weighted by molar-refractivity contribution is 7.92. The Hall–Kier alpha value is -3.85. The number of aryl methyl sites for hydroxylation is 2. The lowest BCUT2D eigenvalue weighted by atomic mass is 10.1. The van der Waals surface area contributed by atoms with Crippen molar-refractivity contribution in [2.24, 2.45) is 0 Å². The second-order valence-corrected chi connectivity index (χ2v) is 11.6. The Balaban J connectivity index is 2.07. The van der Waals surface area contributed by atoms with Gasteiger partial charge in [-0.3, -0.25) is 13.9 Å². The highest BCUT2D eigenvalue weighted by Crippen LogP contribution is 2.28. The fourth-order valence-electron chi connectivity index (χ4n) is 4.43. The number of amides is 2. The van der Waals surface area contributed by atoms with E-state index in [2.05, 4.69) is 5.32 Å². The quantitative estimate of drug-likeness (QED) is 0.320. The van der Waals surface area contributed by atoms with E-state index in [9.17, 15) is 18.0 Å². The number of carbonyl (C=O) groups excluding carboxylic acids is 2. The third-order valence-electron chi connectivity index (χ3n) is 6.69. The Bertz CT molecular complexity index is 1390. The smallest absolute Gasteiger partial charge is 0.264 e. The van der Waals surface area contributed by atoms with E-state index in [0.29, 0.717) is 30.0 Å². The molecule has 0 unspecified atom stereocenters. The predicted molar refractivity (Wildman–Crippen MR) is 158 cm³/mol. The number of benzene rings is 3. The number of rotatable bonds is 13. The summed E-state index contributed by atoms with van der Waals surface area (Å²) in [5.41, 5.74) is 2.79. The number of nitrogens with zero attached hydrogens (tertiary/aromatic N) is 2. The molecule has 0 fully saturated rings. The molecule has 0 heterocycles. The van der Waals surface area contributed by atoms with E-state index in [1.165, 1.54) is 17.0 Å². The molecule has 0 aliphatic carbocycles. The van der Waals surface area contributed by atoms with Crippen molar-refractivity contribution in [1.82, 2.24) is 10.2 Å². The van der Waals surface area contributed by atoms with Crippen molar-refractivity contribution in [3.05, 3.63) is 89.5 Å². The molecule has 0 spiro atoms. The summed E-state index contributed by atoms with van der Waals surface area (Å²) in [6.45, 7) is 7.64. The van der Waals surface area contributed by atoms with E-state index in [0.717, 1.165) is 21.9 Å². The van der Waals surface area contributed by atoms with Crippen LogP contribution in [0.3, 0.4) is 0 Å². The Morgan fingerprint density at radius 1 is 0.950 bits per heavy atom. The molecule has 0 aromatic heterocycles. The molecule has 0 aliphatic rings. The van der Waals surface area contributed by atoms with Crippen LogP contribution >= 0.6 is 0 Å². The number of anilines is 1. The van der Waals surface area contributed by atoms with Crippen molar-refractivity contribution in [3.8, 4) is 5.75 Å². The van der Waals surface area contributed by atoms with Crippen molar-refractivity contribution in [1.29, 1.82) is 0 Å². The zero-order valence-electron chi connectivity index (χ0n) is 23.9. The summed E-state index contributed by atoms with van der Waals surface area (Å²) in [5, 5.41) is 2.90. The van der Waals surface area contributed by atoms with Gasteiger partial charge in [-0.2, -0.15) is 0 Å². The molecule has 3 rings (SSSR count). The molecule has 1 atom stereocenters. The maximum absolute atomic E-state index is 14.1. The molecule has 8 nitrogen and oxygen atoms in total. The van der Waals surface area contributed by atoms with Crippen molar-refractivity contribution in [2.45, 2.75) is 58.0 Å². The number of sulfonamides is 1. The highest BCUT2D eigenvalue weighted by atomic mass is 32.2. The molecule has 9 heteroatoms. The van der Waals surface area contributed by atoms with Crippen LogP contribution < -0.4 is 14.4 Å². The van der Waals surface area contributed by atoms with E-state index in [1.54, 1.807) is 43.5 Å². The van der Waals surface area contributed by atoms with Crippen molar-refractivity contribution < 1.29 is 22.7 Å². The SMILES string of the molecule is CCCNC(=O)[C@@H](CC)N(Cc1ccc(OC)cc1)C(=O)CN(c1cc(C)ccc1C)S(=O)(=O)c1ccccc1. The molecule has 0 bridgehead atoms. The number of hydrogen-bond acceptors (Lipinski definition) is 5. The van der Waals surface area contributed by atoms with Crippen LogP contribution in [0.4, 0.5) is 5.69 Å². The fourth-order valence-corrected chi connectivity index (χ4v) is 5.93. The van der Waals surface area contributed by atoms with Crippen LogP contribution in [0.25, 0.3) is 0 Å². The Labute approximate surface area is 238 Å². The molecule has 40 heavy (non-hydrogen) atoms. The summed E-state index contributed by atoms with van der Waals surface area (Å²) in [5.74, 6) is -0.0745. The van der Waals surface area contributed by atoms with Crippen LogP contribution in [0.15, 0.2) is 77.7 Å². The first-order valence-corrected chi connectivity index (χ1v) is 14.9. The van der Waals surface area contributed by atoms with E-state index < -0.39 is 28.5 Å². The lowest BCUT2D eigenvalue weighted by molar-refractivity contribution is -0.140. The largest absolute Gasteiger partial charge is 0.497 e. The van der Waals surface area contributed by atoms with Crippen LogP contribution in [0, 0.1) is 13.8 Å². The number of nitrogens with one attached hydrogen (secondary N) is 1. The van der Waals surface area contributed by atoms with E-state index in [-0.39, 0.29) is 17.3 Å². The minimum atomic E-state index is -4.10. The molecular formula is C31H39N3O5S. The topological polar surface area (TPSA) is 96.0 Å². The normalized spacial score (nSPS) is 11.9. The summed E-state index contributed by atoms with van der Waals surface area (Å²) in [7, 11) is -2.53. The summed E-state index contributed by atoms with van der Waals surface area (Å²) >= 11 is 0. The zero-order valence-corrected chi connectivity index (χ0v) is 24.7. The van der Waals surface area contributed by atoms with Gasteiger partial charge in [-0.25, -0.2) is 8.42 Å². The van der Waals surface area contributed by atoms with E-state index in [1.807, 2.05) is 52.0 Å². The van der Waals surface area contributed by atoms with E-state index >= 15 is 0 Å². The van der Waals surface area contributed by atoms with Gasteiger partial charge in [0.1, 0.15) is 18.3 Å². The molecule has 2 amide bonds. The van der Waals surface area contributed by atoms with Crippen LogP contribution in [0.2, 0.25) is 0 Å². The van der Waals surface area contributed by atoms with Crippen LogP contribution in [-0.2, 0) is 26.2 Å². The molecule has 3 aromatic rings. The highest BCUT2D eigenvalue weighted by Gasteiger charge is 2.34. The molecular weight excluding hydrogens is 526 g/mol. The lowest BCUT2D eigenvalue weighted by Gasteiger charge is -2.33. The molecule has 0 aliphatic heterocycles. The molecule has 0 radical (unpaired) electrons. The first-order chi connectivity index (χ1) is 19.1. The first-order valence-electron chi connectivity index (χ1n) is 13.5. The van der Waals surface area contributed by atoms with Gasteiger partial charge in [0, 0.05) is 13.1 Å². The number of methoxy groups -OCH3 is 1. The summed E-state index contributed by atoms with van der Waals surface area (Å²) in [6, 6.07) is 20.0. The van der Waals surface area contributed by atoms with Crippen LogP contribution in [0.1, 0.15) is 43.4 Å². The van der Waals surface area contributed by atoms with Gasteiger partial charge < -0.3 is 15.0 Å². The third kappa shape index (κ3) is 7.41. The predicted octanol–water partition coefficient (Wildman–Crippen LogP) is 4.84. The average molecular weight is 566 g/mol. The third-order valence-corrected chi connectivity index (χ3v) is 8.46. The molecule has 214 valence electrons. The maximum Gasteiger partial charge on any atom is 0.264 e. The minimum absolute atomic E-state index is 0.0816. The van der Waals surface area contributed by atoms with Gasteiger partial charge >= 0.3 is 0 Å². The lowest BCUT2D eigenvalue weighted by Crippen LogP contribution is -2.52. The molecule has 1 N–H and O–H groups in total. The Morgan fingerprint density at radius 2 is 1.62 bits per heavy atom. The van der Waals surface area contributed by atoms with Crippen LogP contribution in [0.5, 0.6) is 5.75 Å². The van der Waals surface area contributed by atoms with Gasteiger partial charge in [-0.05, 0) is 73.7 Å². The molecule has 0 saturated heterocycles. The zero-order chi connectivity index (χ0) is 29.3. The van der Waals surface area contributed by atoms with Crippen molar-refractivity contribution >= 4 is 27.5 Å². The second kappa shape index (κ2) is 14.0.